The lowest BCUT2D eigenvalue weighted by molar-refractivity contribution is 0.415. The lowest BCUT2D eigenvalue weighted by Crippen LogP contribution is -1.89. The van der Waals surface area contributed by atoms with Crippen molar-refractivity contribution in [3.05, 3.63) is 29.8 Å². The Morgan fingerprint density at radius 3 is 2.64 bits per heavy atom. The first-order valence-electron chi connectivity index (χ1n) is 4.06. The number of hydrogen-bond acceptors (Lipinski definition) is 5. The van der Waals surface area contributed by atoms with Gasteiger partial charge in [-0.3, -0.25) is 0 Å². The van der Waals surface area contributed by atoms with E-state index in [0.29, 0.717) is 0 Å². The quantitative estimate of drug-likeness (QED) is 0.838. The van der Waals surface area contributed by atoms with Crippen LogP contribution in [-0.4, -0.2) is 17.3 Å². The minimum Gasteiger partial charge on any atom is -0.497 e. The van der Waals surface area contributed by atoms with Crippen molar-refractivity contribution in [3.63, 3.8) is 0 Å². The predicted molar refractivity (Wildman–Crippen MR) is 56.2 cm³/mol. The molecule has 0 aliphatic rings. The summed E-state index contributed by atoms with van der Waals surface area (Å²) in [4.78, 5) is 0. The normalized spacial score (nSPS) is 9.79. The highest BCUT2D eigenvalue weighted by Crippen LogP contribution is 2.20. The molecule has 1 heterocycles. The summed E-state index contributed by atoms with van der Waals surface area (Å²) in [6.45, 7) is 0. The summed E-state index contributed by atoms with van der Waals surface area (Å²) in [7, 11) is 1.65. The molecule has 0 aliphatic carbocycles. The number of nitrogens with one attached hydrogen (secondary N) is 1. The Kier molecular flexibility index (Phi) is 2.60. The Morgan fingerprint density at radius 2 is 2.07 bits per heavy atom. The summed E-state index contributed by atoms with van der Waals surface area (Å²) in [6.07, 6.45) is 0. The van der Waals surface area contributed by atoms with Gasteiger partial charge in [0.05, 0.1) is 7.11 Å². The average Bonchev–Trinajstić information content (AvgIpc) is 2.72. The van der Waals surface area contributed by atoms with Crippen LogP contribution in [0.15, 0.2) is 29.8 Å². The van der Waals surface area contributed by atoms with E-state index in [1.165, 1.54) is 11.3 Å². The zero-order valence-corrected chi connectivity index (χ0v) is 8.41. The van der Waals surface area contributed by atoms with E-state index in [4.69, 9.17) is 4.74 Å². The van der Waals surface area contributed by atoms with Crippen LogP contribution in [0.1, 0.15) is 0 Å². The molecule has 72 valence electrons. The van der Waals surface area contributed by atoms with Gasteiger partial charge < -0.3 is 10.1 Å². The first-order valence-corrected chi connectivity index (χ1v) is 4.94. The fraction of sp³-hybridized carbons (Fsp3) is 0.111. The third-order valence-electron chi connectivity index (χ3n) is 1.70. The van der Waals surface area contributed by atoms with Crippen molar-refractivity contribution >= 4 is 22.2 Å². The standard InChI is InChI=1S/C9H9N3OS/c1-13-8-4-2-7(3-5-8)11-9-12-10-6-14-9/h2-6H,1H3,(H,11,12). The molecule has 0 fully saturated rings. The predicted octanol–water partition coefficient (Wildman–Crippen LogP) is 2.29. The first-order chi connectivity index (χ1) is 6.88. The number of methoxy groups -OCH3 is 1. The largest absolute Gasteiger partial charge is 0.497 e. The van der Waals surface area contributed by atoms with Crippen LogP contribution in [0.25, 0.3) is 0 Å². The maximum absolute atomic E-state index is 5.05. The van der Waals surface area contributed by atoms with Gasteiger partial charge in [-0.2, -0.15) is 0 Å². The van der Waals surface area contributed by atoms with E-state index in [9.17, 15) is 0 Å². The smallest absolute Gasteiger partial charge is 0.209 e. The van der Waals surface area contributed by atoms with E-state index < -0.39 is 0 Å². The van der Waals surface area contributed by atoms with Crippen LogP contribution >= 0.6 is 11.3 Å². The van der Waals surface area contributed by atoms with Crippen LogP contribution < -0.4 is 10.1 Å². The summed E-state index contributed by atoms with van der Waals surface area (Å²) in [5, 5.41) is 11.5. The molecule has 0 aliphatic heterocycles. The molecule has 5 heteroatoms. The molecule has 0 spiro atoms. The minimum atomic E-state index is 0.787. The second kappa shape index (κ2) is 4.06. The Morgan fingerprint density at radius 1 is 1.29 bits per heavy atom. The molecule has 1 N–H and O–H groups in total. The van der Waals surface area contributed by atoms with Gasteiger partial charge in [0.1, 0.15) is 11.3 Å². The summed E-state index contributed by atoms with van der Waals surface area (Å²) in [6, 6.07) is 7.65. The third kappa shape index (κ3) is 2.00. The van der Waals surface area contributed by atoms with Crippen molar-refractivity contribution in [1.82, 2.24) is 10.2 Å². The molecule has 4 nitrogen and oxygen atoms in total. The van der Waals surface area contributed by atoms with Gasteiger partial charge >= 0.3 is 0 Å². The van der Waals surface area contributed by atoms with Gasteiger partial charge in [-0.1, -0.05) is 11.3 Å². The molecule has 1 aromatic heterocycles. The second-order valence-electron chi connectivity index (χ2n) is 2.60. The van der Waals surface area contributed by atoms with Gasteiger partial charge in [-0.15, -0.1) is 10.2 Å². The average molecular weight is 207 g/mol. The van der Waals surface area contributed by atoms with Crippen LogP contribution in [0.5, 0.6) is 5.75 Å². The van der Waals surface area contributed by atoms with Crippen LogP contribution in [0.2, 0.25) is 0 Å². The van der Waals surface area contributed by atoms with Crippen LogP contribution in [0.3, 0.4) is 0 Å². The zero-order chi connectivity index (χ0) is 9.80. The maximum Gasteiger partial charge on any atom is 0.209 e. The number of hydrogen-bond donors (Lipinski definition) is 1. The van der Waals surface area contributed by atoms with Gasteiger partial charge in [0.2, 0.25) is 5.13 Å². The summed E-state index contributed by atoms with van der Waals surface area (Å²) >= 11 is 1.46. The molecule has 0 atom stereocenters. The molecule has 2 aromatic rings. The summed E-state index contributed by atoms with van der Waals surface area (Å²) in [5.41, 5.74) is 2.66. The topological polar surface area (TPSA) is 47.0 Å². The number of rotatable bonds is 3. The Labute approximate surface area is 85.6 Å². The maximum atomic E-state index is 5.05. The van der Waals surface area contributed by atoms with Crippen LogP contribution in [-0.2, 0) is 0 Å². The van der Waals surface area contributed by atoms with Crippen molar-refractivity contribution in [2.24, 2.45) is 0 Å². The fourth-order valence-corrected chi connectivity index (χ4v) is 1.49. The number of benzene rings is 1. The highest BCUT2D eigenvalue weighted by atomic mass is 32.1. The molecule has 0 bridgehead atoms. The van der Waals surface area contributed by atoms with Gasteiger partial charge in [-0.05, 0) is 24.3 Å². The van der Waals surface area contributed by atoms with Crippen molar-refractivity contribution in [3.8, 4) is 5.75 Å². The van der Waals surface area contributed by atoms with E-state index in [1.807, 2.05) is 24.3 Å². The summed E-state index contributed by atoms with van der Waals surface area (Å²) < 4.78 is 5.05. The van der Waals surface area contributed by atoms with Crippen molar-refractivity contribution in [1.29, 1.82) is 0 Å². The van der Waals surface area contributed by atoms with E-state index in [-0.39, 0.29) is 0 Å². The van der Waals surface area contributed by atoms with E-state index in [2.05, 4.69) is 15.5 Å². The molecule has 0 amide bonds. The number of ether oxygens (including phenoxy) is 1. The highest BCUT2D eigenvalue weighted by Gasteiger charge is 1.97. The monoisotopic (exact) mass is 207 g/mol. The van der Waals surface area contributed by atoms with Crippen molar-refractivity contribution in [2.45, 2.75) is 0 Å². The summed E-state index contributed by atoms with van der Waals surface area (Å²) in [5.74, 6) is 0.841. The van der Waals surface area contributed by atoms with Gasteiger partial charge in [0.25, 0.3) is 0 Å². The lowest BCUT2D eigenvalue weighted by atomic mass is 10.3. The Hall–Kier alpha value is -1.62. The third-order valence-corrected chi connectivity index (χ3v) is 2.31. The molecule has 14 heavy (non-hydrogen) atoms. The van der Waals surface area contributed by atoms with Gasteiger partial charge in [0, 0.05) is 5.69 Å². The van der Waals surface area contributed by atoms with Gasteiger partial charge in [-0.25, -0.2) is 0 Å². The molecule has 0 unspecified atom stereocenters. The second-order valence-corrected chi connectivity index (χ2v) is 3.43. The number of aromatic nitrogens is 2. The molecule has 0 saturated carbocycles. The SMILES string of the molecule is COc1ccc(Nc2nncs2)cc1. The van der Waals surface area contributed by atoms with E-state index in [0.717, 1.165) is 16.6 Å². The molecular weight excluding hydrogens is 198 g/mol. The molecule has 2 rings (SSSR count). The van der Waals surface area contributed by atoms with Crippen molar-refractivity contribution in [2.75, 3.05) is 12.4 Å². The van der Waals surface area contributed by atoms with Crippen LogP contribution in [0, 0.1) is 0 Å². The number of nitrogens with zero attached hydrogens (tertiary/aromatic N) is 2. The molecule has 0 saturated heterocycles. The van der Waals surface area contributed by atoms with Crippen molar-refractivity contribution < 1.29 is 4.74 Å². The highest BCUT2D eigenvalue weighted by molar-refractivity contribution is 7.13. The number of anilines is 2. The minimum absolute atomic E-state index is 0.787. The van der Waals surface area contributed by atoms with E-state index in [1.54, 1.807) is 12.6 Å². The molecular formula is C9H9N3OS. The Bertz CT molecular complexity index is 385. The zero-order valence-electron chi connectivity index (χ0n) is 7.60. The Balaban J connectivity index is 2.10. The first kappa shape index (κ1) is 8.96. The lowest BCUT2D eigenvalue weighted by Gasteiger charge is -2.03. The fourth-order valence-electron chi connectivity index (χ4n) is 1.03. The molecule has 1 aromatic carbocycles. The molecule has 0 radical (unpaired) electrons. The van der Waals surface area contributed by atoms with Crippen LogP contribution in [0.4, 0.5) is 10.8 Å². The van der Waals surface area contributed by atoms with Gasteiger partial charge in [0.15, 0.2) is 0 Å². The van der Waals surface area contributed by atoms with E-state index >= 15 is 0 Å².